The first kappa shape index (κ1) is 37.1. The Morgan fingerprint density at radius 2 is 1.89 bits per heavy atom. The van der Waals surface area contributed by atoms with Crippen LogP contribution in [0.2, 0.25) is 0 Å². The number of nitrogens with one attached hydrogen (secondary N) is 2. The molecular weight excluding hydrogens is 648 g/mol. The van der Waals surface area contributed by atoms with Crippen molar-refractivity contribution in [1.82, 2.24) is 10.6 Å². The van der Waals surface area contributed by atoms with Gasteiger partial charge in [0.05, 0.1) is 36.3 Å². The standard InChI is InChI=1S/C33H49BrN2O9/c1-20(8-11-28-21(2)15-27(23(4)44-28)36-30(39)13-10-22(3)43-24(5)37)9-12-29-32(41)33(19-42-33)17-26(45-29)16-25(38)7-6-14-35-31(40)18-34/h8-10,12-13,21-23,26-29,32,41H,6-7,11,14-19H2,1-5H3,(H,35,40)(H,36,39)/b12-9+,13-10-,20-8+/t21-,22-,23+,26+,27+,28-,29+,32+,33+/m0/s1. The van der Waals surface area contributed by atoms with Crippen LogP contribution in [0.1, 0.15) is 73.1 Å². The number of allylic oxidation sites excluding steroid dienone is 2. The minimum Gasteiger partial charge on any atom is -0.459 e. The van der Waals surface area contributed by atoms with Crippen LogP contribution in [-0.2, 0) is 38.1 Å². The van der Waals surface area contributed by atoms with Crippen LogP contribution in [0.3, 0.4) is 0 Å². The molecule has 0 bridgehead atoms. The van der Waals surface area contributed by atoms with Crippen molar-refractivity contribution in [2.45, 2.75) is 121 Å². The molecule has 3 N–H and O–H groups in total. The summed E-state index contributed by atoms with van der Waals surface area (Å²) in [5, 5.41) is 16.9. The molecule has 9 atom stereocenters. The largest absolute Gasteiger partial charge is 0.459 e. The number of carbonyl (C=O) groups excluding carboxylic acids is 4. The number of esters is 1. The number of Topliss-reactive ketones (excluding diaryl/α,β-unsaturated/α-hetero) is 1. The number of alkyl halides is 1. The van der Waals surface area contributed by atoms with Gasteiger partial charge >= 0.3 is 5.97 Å². The van der Waals surface area contributed by atoms with Crippen molar-refractivity contribution in [3.63, 3.8) is 0 Å². The van der Waals surface area contributed by atoms with Gasteiger partial charge in [-0.2, -0.15) is 0 Å². The summed E-state index contributed by atoms with van der Waals surface area (Å²) in [7, 11) is 0. The quantitative estimate of drug-likeness (QED) is 0.0585. The summed E-state index contributed by atoms with van der Waals surface area (Å²) in [6.07, 6.45) is 9.43. The van der Waals surface area contributed by atoms with E-state index in [1.165, 1.54) is 13.0 Å². The molecule has 1 spiro atoms. The third-order valence-corrected chi connectivity index (χ3v) is 8.96. The van der Waals surface area contributed by atoms with Crippen LogP contribution in [-0.4, -0.2) is 95.4 Å². The predicted octanol–water partition coefficient (Wildman–Crippen LogP) is 3.22. The number of carbonyl (C=O) groups is 4. The molecule has 3 aliphatic heterocycles. The van der Waals surface area contributed by atoms with Crippen LogP contribution >= 0.6 is 15.9 Å². The monoisotopic (exact) mass is 696 g/mol. The number of epoxide rings is 1. The zero-order chi connectivity index (χ0) is 33.1. The third kappa shape index (κ3) is 12.1. The average molecular weight is 698 g/mol. The van der Waals surface area contributed by atoms with Crippen molar-refractivity contribution in [2.24, 2.45) is 5.92 Å². The Morgan fingerprint density at radius 3 is 2.56 bits per heavy atom. The van der Waals surface area contributed by atoms with E-state index in [2.05, 4.69) is 39.6 Å². The summed E-state index contributed by atoms with van der Waals surface area (Å²) in [4.78, 5) is 47.4. The molecule has 12 heteroatoms. The van der Waals surface area contributed by atoms with Crippen molar-refractivity contribution in [3.05, 3.63) is 36.0 Å². The van der Waals surface area contributed by atoms with E-state index < -0.39 is 29.9 Å². The Hall–Kier alpha value is -2.38. The fraction of sp³-hybridized carbons (Fsp3) is 0.697. The van der Waals surface area contributed by atoms with E-state index in [0.717, 1.165) is 12.0 Å². The zero-order valence-corrected chi connectivity index (χ0v) is 28.5. The number of ketones is 1. The highest BCUT2D eigenvalue weighted by Gasteiger charge is 2.58. The van der Waals surface area contributed by atoms with Crippen LogP contribution in [0.5, 0.6) is 0 Å². The number of hydrogen-bond donors (Lipinski definition) is 3. The van der Waals surface area contributed by atoms with E-state index >= 15 is 0 Å². The van der Waals surface area contributed by atoms with Crippen LogP contribution < -0.4 is 10.6 Å². The second-order valence-corrected chi connectivity index (χ2v) is 13.0. The first-order chi connectivity index (χ1) is 21.3. The highest BCUT2D eigenvalue weighted by molar-refractivity contribution is 9.09. The normalized spacial score (nSPS) is 32.4. The maximum absolute atomic E-state index is 12.6. The third-order valence-electron chi connectivity index (χ3n) is 8.45. The molecule has 0 aliphatic carbocycles. The van der Waals surface area contributed by atoms with Gasteiger partial charge in [-0.05, 0) is 52.0 Å². The lowest BCUT2D eigenvalue weighted by Crippen LogP contribution is -2.50. The van der Waals surface area contributed by atoms with Gasteiger partial charge in [-0.3, -0.25) is 19.2 Å². The van der Waals surface area contributed by atoms with Gasteiger partial charge in [0.2, 0.25) is 11.8 Å². The summed E-state index contributed by atoms with van der Waals surface area (Å²) >= 11 is 3.10. The SMILES string of the molecule is CC(=O)O[C@@H](C)/C=C\C(=O)N[C@@H]1C[C@H](C)[C@H](C/C=C(C)/C=C/[C@H]2O[C@H](CC(=O)CCCNC(=O)CBr)C[C@@]3(CO3)[C@@H]2O)O[C@@H]1C. The van der Waals surface area contributed by atoms with Crippen LogP contribution in [0.15, 0.2) is 36.0 Å². The number of hydrogen-bond acceptors (Lipinski definition) is 9. The number of ether oxygens (including phenoxy) is 4. The molecule has 0 saturated carbocycles. The second kappa shape index (κ2) is 17.5. The fourth-order valence-electron chi connectivity index (χ4n) is 5.80. The highest BCUT2D eigenvalue weighted by Crippen LogP contribution is 2.43. The topological polar surface area (TPSA) is 153 Å². The Bertz CT molecular complexity index is 1140. The lowest BCUT2D eigenvalue weighted by Gasteiger charge is -2.39. The van der Waals surface area contributed by atoms with Gasteiger partial charge in [0.15, 0.2) is 0 Å². The smallest absolute Gasteiger partial charge is 0.303 e. The van der Waals surface area contributed by atoms with E-state index in [1.54, 1.807) is 13.0 Å². The van der Waals surface area contributed by atoms with Gasteiger partial charge in [-0.1, -0.05) is 46.7 Å². The van der Waals surface area contributed by atoms with Crippen LogP contribution in [0.25, 0.3) is 0 Å². The molecule has 45 heavy (non-hydrogen) atoms. The summed E-state index contributed by atoms with van der Waals surface area (Å²) in [5.74, 6) is -0.501. The zero-order valence-electron chi connectivity index (χ0n) is 27.0. The number of rotatable bonds is 15. The molecule has 3 saturated heterocycles. The molecular formula is C33H49BrN2O9. The summed E-state index contributed by atoms with van der Waals surface area (Å²) in [5.41, 5.74) is 0.329. The van der Waals surface area contributed by atoms with Crippen molar-refractivity contribution in [2.75, 3.05) is 18.5 Å². The molecule has 3 rings (SSSR count). The van der Waals surface area contributed by atoms with E-state index in [9.17, 15) is 24.3 Å². The van der Waals surface area contributed by atoms with E-state index in [-0.39, 0.29) is 59.6 Å². The minimum absolute atomic E-state index is 0.0149. The second-order valence-electron chi connectivity index (χ2n) is 12.5. The number of aliphatic hydroxyl groups is 1. The molecule has 0 aromatic heterocycles. The molecule has 0 unspecified atom stereocenters. The van der Waals surface area contributed by atoms with Crippen LogP contribution in [0, 0.1) is 5.92 Å². The minimum atomic E-state index is -0.818. The summed E-state index contributed by atoms with van der Waals surface area (Å²) in [6.45, 7) is 9.95. The number of halogens is 1. The van der Waals surface area contributed by atoms with E-state index in [0.29, 0.717) is 38.8 Å². The predicted molar refractivity (Wildman–Crippen MR) is 172 cm³/mol. The van der Waals surface area contributed by atoms with Crippen molar-refractivity contribution >= 4 is 39.5 Å². The Morgan fingerprint density at radius 1 is 1.16 bits per heavy atom. The average Bonchev–Trinajstić information content (AvgIpc) is 3.75. The summed E-state index contributed by atoms with van der Waals surface area (Å²) in [6, 6.07) is -0.135. The maximum Gasteiger partial charge on any atom is 0.303 e. The fourth-order valence-corrected chi connectivity index (χ4v) is 6.00. The number of amides is 2. The molecule has 3 aliphatic rings. The molecule has 0 aromatic rings. The summed E-state index contributed by atoms with van der Waals surface area (Å²) < 4.78 is 23.1. The highest BCUT2D eigenvalue weighted by atomic mass is 79.9. The molecule has 3 heterocycles. The molecule has 11 nitrogen and oxygen atoms in total. The van der Waals surface area contributed by atoms with Crippen molar-refractivity contribution in [1.29, 1.82) is 0 Å². The Kier molecular flexibility index (Phi) is 14.4. The van der Waals surface area contributed by atoms with Gasteiger partial charge in [0.25, 0.3) is 0 Å². The van der Waals surface area contributed by atoms with Crippen molar-refractivity contribution < 1.29 is 43.2 Å². The molecule has 3 fully saturated rings. The van der Waals surface area contributed by atoms with Gasteiger partial charge in [0.1, 0.15) is 29.7 Å². The molecule has 2 amide bonds. The van der Waals surface area contributed by atoms with Gasteiger partial charge in [-0.15, -0.1) is 0 Å². The molecule has 0 aromatic carbocycles. The maximum atomic E-state index is 12.6. The molecule has 0 radical (unpaired) electrons. The Balaban J connectivity index is 1.47. The lowest BCUT2D eigenvalue weighted by molar-refractivity contribution is -0.144. The first-order valence-electron chi connectivity index (χ1n) is 15.8. The number of aliphatic hydroxyl groups excluding tert-OH is 1. The van der Waals surface area contributed by atoms with Gasteiger partial charge in [-0.25, -0.2) is 0 Å². The first-order valence-corrected chi connectivity index (χ1v) is 16.9. The van der Waals surface area contributed by atoms with E-state index in [4.69, 9.17) is 18.9 Å². The van der Waals surface area contributed by atoms with Crippen molar-refractivity contribution in [3.8, 4) is 0 Å². The van der Waals surface area contributed by atoms with E-state index in [1.807, 2.05) is 26.0 Å². The lowest BCUT2D eigenvalue weighted by atomic mass is 9.86. The van der Waals surface area contributed by atoms with Gasteiger partial charge in [0, 0.05) is 38.8 Å². The van der Waals surface area contributed by atoms with Gasteiger partial charge < -0.3 is 34.7 Å². The Labute approximate surface area is 274 Å². The molecule has 252 valence electrons. The van der Waals surface area contributed by atoms with Crippen LogP contribution in [0.4, 0.5) is 0 Å².